The summed E-state index contributed by atoms with van der Waals surface area (Å²) < 4.78 is 27.4. The fraction of sp³-hybridized carbons (Fsp3) is 0.406. The summed E-state index contributed by atoms with van der Waals surface area (Å²) >= 11 is 1.21. The fourth-order valence-corrected chi connectivity index (χ4v) is 6.40. The van der Waals surface area contributed by atoms with Crippen LogP contribution in [0.1, 0.15) is 61.5 Å². The van der Waals surface area contributed by atoms with Crippen LogP contribution in [0.2, 0.25) is 0 Å². The Morgan fingerprint density at radius 2 is 1.74 bits per heavy atom. The molecule has 1 fully saturated rings. The molecule has 1 saturated heterocycles. The summed E-state index contributed by atoms with van der Waals surface area (Å²) in [4.78, 5) is 46.8. The van der Waals surface area contributed by atoms with Gasteiger partial charge in [0.05, 0.1) is 23.9 Å². The number of nitrogens with one attached hydrogen (secondary N) is 1. The lowest BCUT2D eigenvalue weighted by Gasteiger charge is -2.37. The van der Waals surface area contributed by atoms with Gasteiger partial charge in [-0.25, -0.2) is 14.2 Å². The number of rotatable bonds is 11. The number of hydrogen-bond acceptors (Lipinski definition) is 8. The first-order chi connectivity index (χ1) is 21.5. The van der Waals surface area contributed by atoms with Gasteiger partial charge in [0.1, 0.15) is 11.6 Å². The summed E-state index contributed by atoms with van der Waals surface area (Å²) in [5.74, 6) is -4.41. The van der Waals surface area contributed by atoms with Gasteiger partial charge in [-0.1, -0.05) is 6.07 Å². The molecule has 11 nitrogen and oxygen atoms in total. The zero-order valence-electron chi connectivity index (χ0n) is 25.6. The van der Waals surface area contributed by atoms with E-state index in [-0.39, 0.29) is 21.9 Å². The van der Waals surface area contributed by atoms with Crippen LogP contribution in [0.25, 0.3) is 11.0 Å². The van der Waals surface area contributed by atoms with Crippen LogP contribution in [0.4, 0.5) is 8.78 Å². The number of aromatic nitrogens is 3. The van der Waals surface area contributed by atoms with Crippen molar-refractivity contribution < 1.29 is 43.6 Å². The number of carboxylic acid groups (broad SMARTS) is 3. The molecular weight excluding hydrogens is 622 g/mol. The molecule has 5 N–H and O–H groups in total. The Morgan fingerprint density at radius 3 is 2.30 bits per heavy atom. The summed E-state index contributed by atoms with van der Waals surface area (Å²) in [7, 11) is 0. The largest absolute Gasteiger partial charge is 0.481 e. The average Bonchev–Trinajstić information content (AvgIpc) is 3.70. The number of hydrogen-bond donors (Lipinski definition) is 5. The van der Waals surface area contributed by atoms with Crippen LogP contribution in [0.5, 0.6) is 0 Å². The molecule has 0 amide bonds. The smallest absolute Gasteiger partial charge is 0.336 e. The highest BCUT2D eigenvalue weighted by Crippen LogP contribution is 2.43. The quantitative estimate of drug-likeness (QED) is 0.149. The number of aryl methyl sites for hydroxylation is 2. The van der Waals surface area contributed by atoms with E-state index in [9.17, 15) is 23.2 Å². The number of carbonyl (C=O) groups is 3. The monoisotopic (exact) mass is 658 g/mol. The number of imidazole rings is 1. The molecule has 0 unspecified atom stereocenters. The van der Waals surface area contributed by atoms with Crippen molar-refractivity contribution >= 4 is 40.3 Å². The number of aromatic amines is 1. The van der Waals surface area contributed by atoms with E-state index in [4.69, 9.17) is 25.4 Å². The lowest BCUT2D eigenvalue weighted by molar-refractivity contribution is -0.170. The minimum atomic E-state index is -2.74. The topological polar surface area (TPSA) is 177 Å². The molecule has 0 bridgehead atoms. The number of halogens is 2. The van der Waals surface area contributed by atoms with Crippen LogP contribution in [-0.2, 0) is 31.8 Å². The number of carboxylic acids is 3. The van der Waals surface area contributed by atoms with Gasteiger partial charge in [0.15, 0.2) is 10.7 Å². The van der Waals surface area contributed by atoms with Crippen LogP contribution >= 0.6 is 11.3 Å². The van der Waals surface area contributed by atoms with E-state index in [1.54, 1.807) is 6.07 Å². The predicted molar refractivity (Wildman–Crippen MR) is 166 cm³/mol. The second-order valence-electron chi connectivity index (χ2n) is 12.1. The SMILES string of the molecule is Cc1ccc(C(C)(C)N2CC[C@](CCc3ccc(F)s3)(c3nc4ccc(F)cc4[nH]3)C2)cn1.O=C(O)CC(O)(CC(=O)O)C(=O)O. The number of H-pyrrole nitrogens is 1. The first-order valence-corrected chi connectivity index (χ1v) is 15.3. The van der Waals surface area contributed by atoms with Crippen molar-refractivity contribution in [1.82, 2.24) is 19.9 Å². The van der Waals surface area contributed by atoms with Crippen LogP contribution in [0.3, 0.4) is 0 Å². The Morgan fingerprint density at radius 1 is 1.04 bits per heavy atom. The van der Waals surface area contributed by atoms with Crippen molar-refractivity contribution in [3.63, 3.8) is 0 Å². The number of pyridine rings is 1. The van der Waals surface area contributed by atoms with Gasteiger partial charge < -0.3 is 25.4 Å². The fourth-order valence-electron chi connectivity index (χ4n) is 5.67. The molecule has 0 aliphatic carbocycles. The maximum absolute atomic E-state index is 13.8. The molecule has 1 aliphatic heterocycles. The first kappa shape index (κ1) is 34.6. The molecule has 1 aliphatic rings. The van der Waals surface area contributed by atoms with Gasteiger partial charge in [0.25, 0.3) is 0 Å². The van der Waals surface area contributed by atoms with E-state index in [2.05, 4.69) is 40.8 Å². The maximum atomic E-state index is 13.8. The van der Waals surface area contributed by atoms with Gasteiger partial charge in [0.2, 0.25) is 0 Å². The average molecular weight is 659 g/mol. The minimum Gasteiger partial charge on any atom is -0.481 e. The second kappa shape index (κ2) is 13.6. The lowest BCUT2D eigenvalue weighted by atomic mass is 9.81. The molecule has 3 aromatic heterocycles. The second-order valence-corrected chi connectivity index (χ2v) is 13.2. The summed E-state index contributed by atoms with van der Waals surface area (Å²) in [6, 6.07) is 12.3. The molecule has 0 spiro atoms. The van der Waals surface area contributed by atoms with Gasteiger partial charge in [-0.3, -0.25) is 19.5 Å². The number of benzene rings is 1. The van der Waals surface area contributed by atoms with Gasteiger partial charge in [0, 0.05) is 40.8 Å². The van der Waals surface area contributed by atoms with E-state index in [1.807, 2.05) is 19.2 Å². The summed E-state index contributed by atoms with van der Waals surface area (Å²) in [5, 5.41) is 33.7. The zero-order chi connectivity index (χ0) is 33.9. The molecule has 1 aromatic carbocycles. The summed E-state index contributed by atoms with van der Waals surface area (Å²) in [6.45, 7) is 8.18. The van der Waals surface area contributed by atoms with Gasteiger partial charge >= 0.3 is 17.9 Å². The molecular formula is C32H36F2N4O7S. The first-order valence-electron chi connectivity index (χ1n) is 14.5. The number of aliphatic hydroxyl groups is 1. The van der Waals surface area contributed by atoms with E-state index in [0.29, 0.717) is 5.52 Å². The van der Waals surface area contributed by atoms with E-state index in [1.165, 1.54) is 35.1 Å². The minimum absolute atomic E-state index is 0.153. The van der Waals surface area contributed by atoms with Crippen LogP contribution in [0, 0.1) is 17.9 Å². The number of nitrogens with zero attached hydrogens (tertiary/aromatic N) is 3. The maximum Gasteiger partial charge on any atom is 0.336 e. The van der Waals surface area contributed by atoms with Crippen LogP contribution in [0.15, 0.2) is 48.7 Å². The van der Waals surface area contributed by atoms with Crippen molar-refractivity contribution in [2.24, 2.45) is 0 Å². The normalized spacial score (nSPS) is 17.1. The number of thiophene rings is 1. The molecule has 14 heteroatoms. The Balaban J connectivity index is 0.000000315. The highest BCUT2D eigenvalue weighted by Gasteiger charge is 2.46. The highest BCUT2D eigenvalue weighted by atomic mass is 32.1. The third kappa shape index (κ3) is 7.92. The van der Waals surface area contributed by atoms with Gasteiger partial charge in [-0.2, -0.15) is 4.39 Å². The molecule has 4 aromatic rings. The van der Waals surface area contributed by atoms with Crippen molar-refractivity contribution in [1.29, 1.82) is 0 Å². The molecule has 0 saturated carbocycles. The number of likely N-dealkylation sites (tertiary alicyclic amines) is 1. The predicted octanol–water partition coefficient (Wildman–Crippen LogP) is 4.87. The molecule has 5 rings (SSSR count). The van der Waals surface area contributed by atoms with E-state index < -0.39 is 36.4 Å². The van der Waals surface area contributed by atoms with Gasteiger partial charge in [-0.15, -0.1) is 11.3 Å². The molecule has 4 heterocycles. The zero-order valence-corrected chi connectivity index (χ0v) is 26.4. The van der Waals surface area contributed by atoms with Crippen LogP contribution < -0.4 is 0 Å². The lowest BCUT2D eigenvalue weighted by Crippen LogP contribution is -2.42. The van der Waals surface area contributed by atoms with E-state index in [0.717, 1.165) is 54.3 Å². The van der Waals surface area contributed by atoms with Gasteiger partial charge in [-0.05, 0) is 82.0 Å². The number of aliphatic carboxylic acids is 3. The number of fused-ring (bicyclic) bond motifs is 1. The Labute approximate surface area is 267 Å². The third-order valence-corrected chi connectivity index (χ3v) is 9.41. The van der Waals surface area contributed by atoms with Crippen molar-refractivity contribution in [3.8, 4) is 0 Å². The molecule has 246 valence electrons. The Kier molecular flexibility index (Phi) is 10.2. The molecule has 46 heavy (non-hydrogen) atoms. The standard InChI is InChI=1S/C26H28F2N4S.C6H8O7/c1-17-4-5-18(15-29-17)25(2,3)32-13-12-26(16-32,11-10-20-7-9-23(28)33-20)24-30-21-8-6-19(27)14-22(21)31-24;7-3(8)1-6(13,5(11)12)2-4(9)10/h4-9,14-15H,10-13,16H2,1-3H3,(H,30,31);13H,1-2H2,(H,7,8)(H,9,10)(H,11,12)/t26-;/m0./s1. The highest BCUT2D eigenvalue weighted by molar-refractivity contribution is 7.10. The Bertz CT molecular complexity index is 1710. The summed E-state index contributed by atoms with van der Waals surface area (Å²) in [6.07, 6.45) is 2.22. The summed E-state index contributed by atoms with van der Waals surface area (Å²) in [5.41, 5.74) is 0.498. The molecule has 0 radical (unpaired) electrons. The van der Waals surface area contributed by atoms with Crippen molar-refractivity contribution in [2.45, 2.75) is 69.4 Å². The third-order valence-electron chi connectivity index (χ3n) is 8.47. The Hall–Kier alpha value is -4.27. The van der Waals surface area contributed by atoms with Crippen molar-refractivity contribution in [2.75, 3.05) is 13.1 Å². The molecule has 1 atom stereocenters. The van der Waals surface area contributed by atoms with Crippen LogP contribution in [-0.4, -0.2) is 76.9 Å². The van der Waals surface area contributed by atoms with Crippen molar-refractivity contribution in [3.05, 3.63) is 81.6 Å². The van der Waals surface area contributed by atoms with E-state index >= 15 is 0 Å².